The van der Waals surface area contributed by atoms with Crippen molar-refractivity contribution in [3.8, 4) is 5.75 Å². The Labute approximate surface area is 112 Å². The van der Waals surface area contributed by atoms with Crippen LogP contribution in [0.4, 0.5) is 4.39 Å². The Morgan fingerprint density at radius 1 is 1.21 bits per heavy atom. The highest BCUT2D eigenvalue weighted by Crippen LogP contribution is 2.19. The van der Waals surface area contributed by atoms with Gasteiger partial charge in [-0.3, -0.25) is 0 Å². The minimum atomic E-state index is -0.581. The number of hydrogen-bond donors (Lipinski definition) is 2. The van der Waals surface area contributed by atoms with Crippen molar-refractivity contribution in [2.75, 3.05) is 0 Å². The molecule has 0 unspecified atom stereocenters. The molecule has 0 saturated carbocycles. The number of halogens is 1. The number of phenols is 1. The zero-order valence-electron chi connectivity index (χ0n) is 11.2. The van der Waals surface area contributed by atoms with Crippen LogP contribution in [-0.4, -0.2) is 5.11 Å². The summed E-state index contributed by atoms with van der Waals surface area (Å²) < 4.78 is 13.2. The van der Waals surface area contributed by atoms with E-state index < -0.39 is 5.82 Å². The van der Waals surface area contributed by atoms with Crippen molar-refractivity contribution in [3.05, 3.63) is 65.0 Å². The van der Waals surface area contributed by atoms with Crippen LogP contribution < -0.4 is 5.32 Å². The molecule has 0 amide bonds. The smallest absolute Gasteiger partial charge is 0.165 e. The third-order valence-electron chi connectivity index (χ3n) is 3.28. The van der Waals surface area contributed by atoms with E-state index in [9.17, 15) is 4.39 Å². The lowest BCUT2D eigenvalue weighted by Gasteiger charge is -2.16. The van der Waals surface area contributed by atoms with Crippen molar-refractivity contribution in [2.45, 2.75) is 26.4 Å². The fourth-order valence-corrected chi connectivity index (χ4v) is 2.11. The van der Waals surface area contributed by atoms with Gasteiger partial charge in [0.25, 0.3) is 0 Å². The normalized spacial score (nSPS) is 12.4. The summed E-state index contributed by atoms with van der Waals surface area (Å²) in [5, 5.41) is 12.5. The van der Waals surface area contributed by atoms with Crippen LogP contribution in [-0.2, 0) is 6.54 Å². The van der Waals surface area contributed by atoms with Crippen LogP contribution in [0.1, 0.15) is 29.7 Å². The standard InChI is InChI=1S/C16H18FNO/c1-11-5-3-4-6-14(11)12(2)18-10-13-7-8-16(19)15(17)9-13/h3-9,12,18-19H,10H2,1-2H3/t12-/m1/s1. The number of phenolic OH excluding ortho intramolecular Hbond substituents is 1. The minimum Gasteiger partial charge on any atom is -0.505 e. The van der Waals surface area contributed by atoms with E-state index in [2.05, 4.69) is 31.3 Å². The van der Waals surface area contributed by atoms with E-state index in [0.717, 1.165) is 5.56 Å². The van der Waals surface area contributed by atoms with Gasteiger partial charge in [-0.1, -0.05) is 30.3 Å². The van der Waals surface area contributed by atoms with Gasteiger partial charge in [-0.2, -0.15) is 0 Å². The Bertz CT molecular complexity index is 568. The fraction of sp³-hybridized carbons (Fsp3) is 0.250. The van der Waals surface area contributed by atoms with E-state index in [1.54, 1.807) is 6.07 Å². The van der Waals surface area contributed by atoms with E-state index >= 15 is 0 Å². The highest BCUT2D eigenvalue weighted by Gasteiger charge is 2.08. The lowest BCUT2D eigenvalue weighted by molar-refractivity contribution is 0.431. The molecule has 0 aliphatic rings. The Balaban J connectivity index is 2.02. The Morgan fingerprint density at radius 2 is 1.95 bits per heavy atom. The van der Waals surface area contributed by atoms with Crippen LogP contribution in [0, 0.1) is 12.7 Å². The first-order valence-electron chi connectivity index (χ1n) is 6.34. The van der Waals surface area contributed by atoms with Gasteiger partial charge in [-0.15, -0.1) is 0 Å². The molecular formula is C16H18FNO. The molecule has 0 aliphatic heterocycles. The highest BCUT2D eigenvalue weighted by atomic mass is 19.1. The molecule has 0 aromatic heterocycles. The van der Waals surface area contributed by atoms with Crippen molar-refractivity contribution < 1.29 is 9.50 Å². The molecule has 0 fully saturated rings. The second-order valence-electron chi connectivity index (χ2n) is 4.74. The molecule has 0 spiro atoms. The summed E-state index contributed by atoms with van der Waals surface area (Å²) in [7, 11) is 0. The quantitative estimate of drug-likeness (QED) is 0.877. The summed E-state index contributed by atoms with van der Waals surface area (Å²) in [6.45, 7) is 4.72. The second kappa shape index (κ2) is 5.85. The van der Waals surface area contributed by atoms with Crippen LogP contribution in [0.2, 0.25) is 0 Å². The predicted molar refractivity (Wildman–Crippen MR) is 74.5 cm³/mol. The fourth-order valence-electron chi connectivity index (χ4n) is 2.11. The van der Waals surface area contributed by atoms with E-state index in [1.807, 2.05) is 12.1 Å². The third kappa shape index (κ3) is 3.32. The SMILES string of the molecule is Cc1ccccc1[C@@H](C)NCc1ccc(O)c(F)c1. The van der Waals surface area contributed by atoms with E-state index in [4.69, 9.17) is 5.11 Å². The zero-order valence-corrected chi connectivity index (χ0v) is 11.2. The summed E-state index contributed by atoms with van der Waals surface area (Å²) >= 11 is 0. The van der Waals surface area contributed by atoms with Gasteiger partial charge in [-0.25, -0.2) is 4.39 Å². The monoisotopic (exact) mass is 259 g/mol. The highest BCUT2D eigenvalue weighted by molar-refractivity contribution is 5.30. The molecule has 2 aromatic carbocycles. The molecule has 2 nitrogen and oxygen atoms in total. The maximum Gasteiger partial charge on any atom is 0.165 e. The number of aromatic hydroxyl groups is 1. The van der Waals surface area contributed by atoms with E-state index in [0.29, 0.717) is 6.54 Å². The Hall–Kier alpha value is -1.87. The third-order valence-corrected chi connectivity index (χ3v) is 3.28. The summed E-state index contributed by atoms with van der Waals surface area (Å²) in [6.07, 6.45) is 0. The van der Waals surface area contributed by atoms with Gasteiger partial charge in [0.05, 0.1) is 0 Å². The Kier molecular flexibility index (Phi) is 4.17. The molecule has 0 saturated heterocycles. The maximum absolute atomic E-state index is 13.2. The first-order chi connectivity index (χ1) is 9.08. The van der Waals surface area contributed by atoms with Gasteiger partial charge in [0, 0.05) is 12.6 Å². The number of hydrogen-bond acceptors (Lipinski definition) is 2. The van der Waals surface area contributed by atoms with Crippen molar-refractivity contribution in [3.63, 3.8) is 0 Å². The average molecular weight is 259 g/mol. The summed E-state index contributed by atoms with van der Waals surface area (Å²) in [5.41, 5.74) is 3.29. The summed E-state index contributed by atoms with van der Waals surface area (Å²) in [6, 6.07) is 12.8. The summed E-state index contributed by atoms with van der Waals surface area (Å²) in [5.74, 6) is -0.890. The number of nitrogens with one attached hydrogen (secondary N) is 1. The topological polar surface area (TPSA) is 32.3 Å². The van der Waals surface area contributed by atoms with Crippen LogP contribution in [0.15, 0.2) is 42.5 Å². The molecule has 0 aliphatic carbocycles. The second-order valence-corrected chi connectivity index (χ2v) is 4.74. The first-order valence-corrected chi connectivity index (χ1v) is 6.34. The van der Waals surface area contributed by atoms with Gasteiger partial charge < -0.3 is 10.4 Å². The van der Waals surface area contributed by atoms with Crippen LogP contribution in [0.25, 0.3) is 0 Å². The van der Waals surface area contributed by atoms with Crippen LogP contribution in [0.3, 0.4) is 0 Å². The van der Waals surface area contributed by atoms with Crippen molar-refractivity contribution in [1.29, 1.82) is 0 Å². The van der Waals surface area contributed by atoms with Gasteiger partial charge in [0.2, 0.25) is 0 Å². The minimum absolute atomic E-state index is 0.193. The van der Waals surface area contributed by atoms with Gasteiger partial charge in [-0.05, 0) is 42.7 Å². The molecular weight excluding hydrogens is 241 g/mol. The number of benzene rings is 2. The van der Waals surface area contributed by atoms with Crippen molar-refractivity contribution >= 4 is 0 Å². The Morgan fingerprint density at radius 3 is 2.63 bits per heavy atom. The molecule has 100 valence electrons. The lowest BCUT2D eigenvalue weighted by Crippen LogP contribution is -2.18. The summed E-state index contributed by atoms with van der Waals surface area (Å²) in [4.78, 5) is 0. The molecule has 0 radical (unpaired) electrons. The molecule has 0 bridgehead atoms. The predicted octanol–water partition coefficient (Wildman–Crippen LogP) is 3.69. The molecule has 19 heavy (non-hydrogen) atoms. The van der Waals surface area contributed by atoms with Crippen LogP contribution >= 0.6 is 0 Å². The zero-order chi connectivity index (χ0) is 13.8. The van der Waals surface area contributed by atoms with Crippen molar-refractivity contribution in [1.82, 2.24) is 5.32 Å². The molecule has 2 N–H and O–H groups in total. The van der Waals surface area contributed by atoms with Gasteiger partial charge in [0.15, 0.2) is 11.6 Å². The van der Waals surface area contributed by atoms with Crippen molar-refractivity contribution in [2.24, 2.45) is 0 Å². The molecule has 1 atom stereocenters. The van der Waals surface area contributed by atoms with Gasteiger partial charge in [0.1, 0.15) is 0 Å². The number of aryl methyl sites for hydroxylation is 1. The molecule has 2 rings (SSSR count). The largest absolute Gasteiger partial charge is 0.505 e. The van der Waals surface area contributed by atoms with E-state index in [1.165, 1.54) is 23.3 Å². The van der Waals surface area contributed by atoms with E-state index in [-0.39, 0.29) is 11.8 Å². The molecule has 0 heterocycles. The number of rotatable bonds is 4. The van der Waals surface area contributed by atoms with Crippen LogP contribution in [0.5, 0.6) is 5.75 Å². The molecule has 2 aromatic rings. The first kappa shape index (κ1) is 13.6. The van der Waals surface area contributed by atoms with Gasteiger partial charge >= 0.3 is 0 Å². The lowest BCUT2D eigenvalue weighted by atomic mass is 10.0. The maximum atomic E-state index is 13.2. The molecule has 3 heteroatoms. The average Bonchev–Trinajstić information content (AvgIpc) is 2.40.